The zero-order valence-corrected chi connectivity index (χ0v) is 17.8. The predicted molar refractivity (Wildman–Crippen MR) is 111 cm³/mol. The lowest BCUT2D eigenvalue weighted by molar-refractivity contribution is -0.119. The molecule has 3 rings (SSSR count). The number of carbonyl (C=O) groups excluding carboxylic acids is 1. The van der Waals surface area contributed by atoms with Gasteiger partial charge in [0.25, 0.3) is 0 Å². The molecule has 0 aromatic carbocycles. The molecule has 2 fully saturated rings. The first-order valence-electron chi connectivity index (χ1n) is 8.79. The summed E-state index contributed by atoms with van der Waals surface area (Å²) >= 11 is 0. The molecule has 0 radical (unpaired) electrons. The van der Waals surface area contributed by atoms with Crippen molar-refractivity contribution >= 4 is 35.8 Å². The molecule has 9 heteroatoms. The zero-order valence-electron chi connectivity index (χ0n) is 15.5. The molecule has 1 spiro atoms. The summed E-state index contributed by atoms with van der Waals surface area (Å²) < 4.78 is 1.95. The molecule has 1 aromatic rings. The Balaban J connectivity index is 0.00000243. The van der Waals surface area contributed by atoms with Crippen LogP contribution in [0.3, 0.4) is 0 Å². The van der Waals surface area contributed by atoms with Crippen LogP contribution in [0.15, 0.2) is 17.6 Å². The second kappa shape index (κ2) is 8.83. The fraction of sp³-hybridized carbons (Fsp3) is 0.647. The molecule has 1 atom stereocenters. The molecule has 1 unspecified atom stereocenters. The van der Waals surface area contributed by atoms with Crippen LogP contribution in [0.4, 0.5) is 0 Å². The molecule has 26 heavy (non-hydrogen) atoms. The van der Waals surface area contributed by atoms with Crippen molar-refractivity contribution in [1.82, 2.24) is 30.3 Å². The molecule has 2 aliphatic heterocycles. The Morgan fingerprint density at radius 3 is 2.92 bits per heavy atom. The number of aliphatic imine (C=N–C) groups is 1. The molecule has 144 valence electrons. The molecular formula is C17H28IN7O. The van der Waals surface area contributed by atoms with Gasteiger partial charge in [0.2, 0.25) is 5.91 Å². The lowest BCUT2D eigenvalue weighted by Gasteiger charge is -2.40. The van der Waals surface area contributed by atoms with Gasteiger partial charge in [0.05, 0.1) is 0 Å². The van der Waals surface area contributed by atoms with Crippen molar-refractivity contribution in [2.75, 3.05) is 26.2 Å². The highest BCUT2D eigenvalue weighted by Crippen LogP contribution is 2.36. The molecule has 0 aliphatic carbocycles. The monoisotopic (exact) mass is 473 g/mol. The van der Waals surface area contributed by atoms with Crippen LogP contribution in [0.1, 0.15) is 30.9 Å². The minimum absolute atomic E-state index is 0. The number of rotatable bonds is 4. The summed E-state index contributed by atoms with van der Waals surface area (Å²) in [6, 6.07) is 0. The van der Waals surface area contributed by atoms with E-state index < -0.39 is 0 Å². The number of nitrogens with one attached hydrogen (secondary N) is 2. The molecule has 1 amide bonds. The van der Waals surface area contributed by atoms with Crippen LogP contribution in [0.25, 0.3) is 0 Å². The number of hydrogen-bond donors (Lipinski definition) is 2. The summed E-state index contributed by atoms with van der Waals surface area (Å²) in [5.41, 5.74) is 0.0350. The number of guanidine groups is 1. The van der Waals surface area contributed by atoms with Gasteiger partial charge in [-0.2, -0.15) is 0 Å². The summed E-state index contributed by atoms with van der Waals surface area (Å²) in [6.07, 6.45) is 4.58. The summed E-state index contributed by atoms with van der Waals surface area (Å²) in [6.45, 7) is 9.37. The normalized spacial score (nSPS) is 22.9. The largest absolute Gasteiger partial charge is 0.355 e. The van der Waals surface area contributed by atoms with Crippen LogP contribution in [-0.4, -0.2) is 57.7 Å². The van der Waals surface area contributed by atoms with Crippen molar-refractivity contribution in [1.29, 1.82) is 0 Å². The molecule has 1 aromatic heterocycles. The molecule has 2 saturated heterocycles. The average molecular weight is 473 g/mol. The Kier molecular flexibility index (Phi) is 7.01. The molecule has 8 nitrogen and oxygen atoms in total. The Hall–Kier alpha value is -1.65. The molecule has 0 saturated carbocycles. The molecule has 2 aliphatic rings. The van der Waals surface area contributed by atoms with Gasteiger partial charge in [0.1, 0.15) is 12.4 Å². The van der Waals surface area contributed by atoms with Crippen molar-refractivity contribution < 1.29 is 4.79 Å². The van der Waals surface area contributed by atoms with Crippen LogP contribution in [0.2, 0.25) is 0 Å². The topological polar surface area (TPSA) is 87.4 Å². The second-order valence-corrected chi connectivity index (χ2v) is 7.01. The Morgan fingerprint density at radius 1 is 1.50 bits per heavy atom. The van der Waals surface area contributed by atoms with Gasteiger partial charge in [-0.1, -0.05) is 6.08 Å². The number of halogens is 1. The van der Waals surface area contributed by atoms with E-state index in [2.05, 4.69) is 32.3 Å². The predicted octanol–water partition coefficient (Wildman–Crippen LogP) is 0.975. The third kappa shape index (κ3) is 4.54. The van der Waals surface area contributed by atoms with Gasteiger partial charge >= 0.3 is 0 Å². The van der Waals surface area contributed by atoms with Gasteiger partial charge in [-0.05, 0) is 19.8 Å². The summed E-state index contributed by atoms with van der Waals surface area (Å²) in [5, 5.41) is 14.6. The van der Waals surface area contributed by atoms with E-state index in [1.807, 2.05) is 24.6 Å². The molecular weight excluding hydrogens is 445 g/mol. The minimum Gasteiger partial charge on any atom is -0.355 e. The fourth-order valence-electron chi connectivity index (χ4n) is 3.59. The minimum atomic E-state index is 0. The number of aryl methyl sites for hydroxylation is 1. The van der Waals surface area contributed by atoms with Crippen LogP contribution in [0.5, 0.6) is 0 Å². The number of piperidine rings is 1. The number of likely N-dealkylation sites (tertiary alicyclic amines) is 1. The quantitative estimate of drug-likeness (QED) is 0.295. The van der Waals surface area contributed by atoms with E-state index in [1.165, 1.54) is 0 Å². The summed E-state index contributed by atoms with van der Waals surface area (Å²) in [4.78, 5) is 18.7. The number of carbonyl (C=O) groups is 1. The lowest BCUT2D eigenvalue weighted by Crippen LogP contribution is -2.51. The number of nitrogens with zero attached hydrogens (tertiary/aromatic N) is 5. The number of amides is 1. The average Bonchev–Trinajstić information content (AvgIpc) is 3.11. The lowest BCUT2D eigenvalue weighted by atomic mass is 9.79. The SMILES string of the molecule is C=CCNC(=NCc1nnc(C)n1C)N1CCCC2(CNC(=O)C2)C1.I. The van der Waals surface area contributed by atoms with Crippen LogP contribution < -0.4 is 10.6 Å². The highest BCUT2D eigenvalue weighted by Gasteiger charge is 2.42. The van der Waals surface area contributed by atoms with Gasteiger partial charge in [-0.25, -0.2) is 4.99 Å². The Labute approximate surface area is 171 Å². The van der Waals surface area contributed by atoms with Gasteiger partial charge in [0.15, 0.2) is 11.8 Å². The van der Waals surface area contributed by atoms with Crippen molar-refractivity contribution in [2.24, 2.45) is 17.5 Å². The van der Waals surface area contributed by atoms with Gasteiger partial charge in [0, 0.05) is 45.1 Å². The maximum absolute atomic E-state index is 11.7. The van der Waals surface area contributed by atoms with Crippen molar-refractivity contribution in [3.63, 3.8) is 0 Å². The van der Waals surface area contributed by atoms with Gasteiger partial charge in [-0.15, -0.1) is 40.8 Å². The van der Waals surface area contributed by atoms with Crippen LogP contribution in [0, 0.1) is 12.3 Å². The van der Waals surface area contributed by atoms with E-state index in [0.29, 0.717) is 19.5 Å². The first-order valence-corrected chi connectivity index (χ1v) is 8.79. The van der Waals surface area contributed by atoms with Gasteiger partial charge < -0.3 is 20.1 Å². The Morgan fingerprint density at radius 2 is 2.31 bits per heavy atom. The van der Waals surface area contributed by atoms with Crippen LogP contribution in [-0.2, 0) is 18.4 Å². The van der Waals surface area contributed by atoms with E-state index in [-0.39, 0.29) is 35.3 Å². The van der Waals surface area contributed by atoms with E-state index in [0.717, 1.165) is 50.1 Å². The maximum atomic E-state index is 11.7. The second-order valence-electron chi connectivity index (χ2n) is 7.01. The van der Waals surface area contributed by atoms with E-state index in [9.17, 15) is 4.79 Å². The number of aromatic nitrogens is 3. The fourth-order valence-corrected chi connectivity index (χ4v) is 3.59. The smallest absolute Gasteiger partial charge is 0.220 e. The van der Waals surface area contributed by atoms with Crippen molar-refractivity contribution in [3.8, 4) is 0 Å². The highest BCUT2D eigenvalue weighted by atomic mass is 127. The third-order valence-electron chi connectivity index (χ3n) is 5.11. The zero-order chi connectivity index (χ0) is 17.9. The Bertz CT molecular complexity index is 687. The van der Waals surface area contributed by atoms with Crippen LogP contribution >= 0.6 is 24.0 Å². The first kappa shape index (κ1) is 20.7. The van der Waals surface area contributed by atoms with Crippen molar-refractivity contribution in [3.05, 3.63) is 24.3 Å². The summed E-state index contributed by atoms with van der Waals surface area (Å²) in [5.74, 6) is 2.71. The molecule has 2 N–H and O–H groups in total. The van der Waals surface area contributed by atoms with Crippen molar-refractivity contribution in [2.45, 2.75) is 32.7 Å². The standard InChI is InChI=1S/C17H27N7O.HI/c1-4-7-18-16(19-10-14-22-21-13(2)23(14)3)24-8-5-6-17(12-24)9-15(25)20-11-17;/h4H,1,5-12H2,2-3H3,(H,18,19)(H,20,25);1H. The molecule has 0 bridgehead atoms. The first-order chi connectivity index (χ1) is 12.0. The molecule has 3 heterocycles. The number of hydrogen-bond acceptors (Lipinski definition) is 4. The van der Waals surface area contributed by atoms with E-state index in [1.54, 1.807) is 0 Å². The van der Waals surface area contributed by atoms with E-state index >= 15 is 0 Å². The van der Waals surface area contributed by atoms with E-state index in [4.69, 9.17) is 4.99 Å². The maximum Gasteiger partial charge on any atom is 0.220 e. The highest BCUT2D eigenvalue weighted by molar-refractivity contribution is 14.0. The summed E-state index contributed by atoms with van der Waals surface area (Å²) in [7, 11) is 1.95. The third-order valence-corrected chi connectivity index (χ3v) is 5.11. The van der Waals surface area contributed by atoms with Gasteiger partial charge in [-0.3, -0.25) is 4.79 Å².